The van der Waals surface area contributed by atoms with Gasteiger partial charge in [-0.2, -0.15) is 0 Å². The van der Waals surface area contributed by atoms with E-state index in [0.717, 1.165) is 6.92 Å². The second-order valence-electron chi connectivity index (χ2n) is 3.15. The van der Waals surface area contributed by atoms with Gasteiger partial charge in [0.15, 0.2) is 5.82 Å². The van der Waals surface area contributed by atoms with Crippen LogP contribution in [0.2, 0.25) is 0 Å². The molecule has 0 spiro atoms. The summed E-state index contributed by atoms with van der Waals surface area (Å²) in [6.45, 7) is 2.26. The van der Waals surface area contributed by atoms with E-state index in [1.807, 2.05) is 0 Å². The van der Waals surface area contributed by atoms with Crippen LogP contribution in [0.3, 0.4) is 0 Å². The molecule has 0 bridgehead atoms. The maximum atomic E-state index is 13.0. The largest absolute Gasteiger partial charge is 0.328 e. The van der Waals surface area contributed by atoms with E-state index in [4.69, 9.17) is 0 Å². The fraction of sp³-hybridized carbons (Fsp3) is 0.286. The number of hydrogen-bond donors (Lipinski definition) is 0. The second kappa shape index (κ2) is 2.42. The molecular weight excluding hydrogens is 244 g/mol. The molecule has 0 saturated carbocycles. The molecule has 1 heterocycles. The van der Waals surface area contributed by atoms with Crippen molar-refractivity contribution in [1.29, 1.82) is 0 Å². The molecule has 0 aromatic carbocycles. The predicted octanol–water partition coefficient (Wildman–Crippen LogP) is 4.49. The number of aromatic nitrogens is 1. The van der Waals surface area contributed by atoms with Crippen LogP contribution in [0.4, 0.5) is 23.8 Å². The van der Waals surface area contributed by atoms with E-state index in [-0.39, 0.29) is 5.56 Å². The van der Waals surface area contributed by atoms with Gasteiger partial charge in [-0.05, 0) is 25.0 Å². The first-order valence-electron chi connectivity index (χ1n) is 3.69. The minimum Gasteiger partial charge on any atom is -0.238 e. The summed E-state index contributed by atoms with van der Waals surface area (Å²) in [6.07, 6.45) is 0.575. The third-order valence-corrected chi connectivity index (χ3v) is 2.86. The van der Waals surface area contributed by atoms with Gasteiger partial charge in [0.25, 0.3) is 0 Å². The summed E-state index contributed by atoms with van der Waals surface area (Å²) in [4.78, 5) is 2.46. The minimum absolute atomic E-state index is 0.0816. The van der Waals surface area contributed by atoms with Crippen molar-refractivity contribution in [2.75, 3.05) is 0 Å². The van der Waals surface area contributed by atoms with E-state index in [1.54, 1.807) is 0 Å². The van der Waals surface area contributed by atoms with E-state index in [1.165, 1.54) is 6.92 Å². The zero-order valence-corrected chi connectivity index (χ0v) is 8.52. The number of rotatable bonds is 1. The molecule has 0 aliphatic carbocycles. The molecule has 1 aromatic heterocycles. The van der Waals surface area contributed by atoms with Gasteiger partial charge in [-0.25, -0.2) is 9.37 Å². The van der Waals surface area contributed by atoms with Gasteiger partial charge in [-0.3, -0.25) is 0 Å². The molecule has 15 heavy (non-hydrogen) atoms. The molecule has 0 fully saturated rings. The molecule has 0 aliphatic heterocycles. The predicted molar refractivity (Wildman–Crippen MR) is 45.1 cm³/mol. The quantitative estimate of drug-likeness (QED) is 0.670. The molecule has 1 rings (SSSR count). The highest BCUT2D eigenvalue weighted by molar-refractivity contribution is 8.45. The van der Waals surface area contributed by atoms with Crippen molar-refractivity contribution in [2.24, 2.45) is 0 Å². The smallest absolute Gasteiger partial charge is 0.238 e. The topological polar surface area (TPSA) is 12.9 Å². The van der Waals surface area contributed by atoms with Gasteiger partial charge in [0.2, 0.25) is 5.03 Å². The Morgan fingerprint density at radius 3 is 1.93 bits per heavy atom. The van der Waals surface area contributed by atoms with Crippen LogP contribution in [0.1, 0.15) is 11.1 Å². The lowest BCUT2D eigenvalue weighted by atomic mass is 10.2. The first-order valence-corrected chi connectivity index (χ1v) is 5.64. The third kappa shape index (κ3) is 2.36. The van der Waals surface area contributed by atoms with Gasteiger partial charge in [-0.15, -0.1) is 0 Å². The molecule has 1 aromatic rings. The van der Waals surface area contributed by atoms with Crippen molar-refractivity contribution in [1.82, 2.24) is 4.98 Å². The van der Waals surface area contributed by atoms with Gasteiger partial charge >= 0.3 is 10.2 Å². The Morgan fingerprint density at radius 2 is 1.53 bits per heavy atom. The normalized spacial score (nSPS) is 17.1. The molecule has 1 nitrogen and oxygen atoms in total. The Kier molecular flexibility index (Phi) is 1.96. The molecule has 0 unspecified atom stereocenters. The van der Waals surface area contributed by atoms with Gasteiger partial charge in [-0.1, -0.05) is 19.4 Å². The summed E-state index contributed by atoms with van der Waals surface area (Å²) in [7, 11) is -10.0. The molecule has 0 aliphatic rings. The summed E-state index contributed by atoms with van der Waals surface area (Å²) in [5.74, 6) is -2.01. The van der Waals surface area contributed by atoms with Crippen molar-refractivity contribution in [3.05, 3.63) is 23.1 Å². The maximum absolute atomic E-state index is 13.0. The van der Waals surface area contributed by atoms with Crippen molar-refractivity contribution in [3.8, 4) is 0 Å². The molecule has 0 amide bonds. The van der Waals surface area contributed by atoms with Crippen LogP contribution in [-0.4, -0.2) is 4.98 Å². The number of hydrogen-bond acceptors (Lipinski definition) is 1. The van der Waals surface area contributed by atoms with Crippen molar-refractivity contribution >= 4 is 10.2 Å². The molecule has 0 N–H and O–H groups in total. The number of nitrogens with zero attached hydrogens (tertiary/aromatic N) is 1. The van der Waals surface area contributed by atoms with Crippen molar-refractivity contribution in [3.63, 3.8) is 0 Å². The summed E-state index contributed by atoms with van der Waals surface area (Å²) in [5, 5.41) is -2.70. The summed E-state index contributed by atoms with van der Waals surface area (Å²) in [6, 6.07) is 0. The van der Waals surface area contributed by atoms with E-state index in [0.29, 0.717) is 6.20 Å². The van der Waals surface area contributed by atoms with Crippen LogP contribution in [0.5, 0.6) is 0 Å². The Labute approximate surface area is 81.8 Å². The zero-order valence-electron chi connectivity index (χ0n) is 7.70. The highest BCUT2D eigenvalue weighted by atomic mass is 32.5. The SMILES string of the molecule is Cc1cnc(S(F)(F)(F)(F)F)c(F)c1C. The lowest BCUT2D eigenvalue weighted by molar-refractivity contribution is 0.347. The molecule has 8 heteroatoms. The summed E-state index contributed by atoms with van der Waals surface area (Å²) < 4.78 is 74.1. The van der Waals surface area contributed by atoms with E-state index >= 15 is 0 Å². The molecular formula is C7H7F6NS. The van der Waals surface area contributed by atoms with Crippen LogP contribution in [0, 0.1) is 19.7 Å². The average Bonchev–Trinajstić information content (AvgIpc) is 1.94. The van der Waals surface area contributed by atoms with Crippen LogP contribution in [0.25, 0.3) is 0 Å². The van der Waals surface area contributed by atoms with Gasteiger partial charge in [0, 0.05) is 6.20 Å². The Balaban J connectivity index is 3.64. The van der Waals surface area contributed by atoms with Gasteiger partial charge in [0.1, 0.15) is 0 Å². The lowest BCUT2D eigenvalue weighted by Crippen LogP contribution is -2.12. The highest BCUT2D eigenvalue weighted by Gasteiger charge is 2.69. The van der Waals surface area contributed by atoms with Crippen LogP contribution < -0.4 is 0 Å². The molecule has 0 radical (unpaired) electrons. The van der Waals surface area contributed by atoms with E-state index in [2.05, 4.69) is 4.98 Å². The van der Waals surface area contributed by atoms with E-state index in [9.17, 15) is 23.8 Å². The van der Waals surface area contributed by atoms with Crippen molar-refractivity contribution in [2.45, 2.75) is 18.9 Å². The Hall–Kier alpha value is -0.920. The minimum atomic E-state index is -10.0. The molecule has 88 valence electrons. The second-order valence-corrected chi connectivity index (χ2v) is 5.48. The number of aryl methyl sites for hydroxylation is 1. The number of pyridine rings is 1. The Bertz CT molecular complexity index is 422. The monoisotopic (exact) mass is 251 g/mol. The number of halogens is 6. The standard InChI is InChI=1S/C7H7F6NS/c1-4-3-14-7(6(8)5(4)2)15(9,10,11,12)13/h3H,1-2H3. The Morgan fingerprint density at radius 1 is 1.07 bits per heavy atom. The van der Waals surface area contributed by atoms with E-state index < -0.39 is 26.6 Å². The zero-order chi connectivity index (χ0) is 12.1. The van der Waals surface area contributed by atoms with Crippen LogP contribution in [-0.2, 0) is 0 Å². The molecule has 0 atom stereocenters. The highest BCUT2D eigenvalue weighted by Crippen LogP contribution is 3.01. The summed E-state index contributed by atoms with van der Waals surface area (Å²) in [5.41, 5.74) is -0.397. The molecule has 0 saturated heterocycles. The third-order valence-electron chi connectivity index (χ3n) is 1.85. The first-order chi connectivity index (χ1) is 6.33. The van der Waals surface area contributed by atoms with Crippen LogP contribution in [0.15, 0.2) is 11.2 Å². The van der Waals surface area contributed by atoms with Crippen LogP contribution >= 0.6 is 10.2 Å². The fourth-order valence-corrected chi connectivity index (χ4v) is 1.66. The summed E-state index contributed by atoms with van der Waals surface area (Å²) >= 11 is 0. The van der Waals surface area contributed by atoms with Gasteiger partial charge in [0.05, 0.1) is 0 Å². The maximum Gasteiger partial charge on any atom is 0.328 e. The van der Waals surface area contributed by atoms with Crippen molar-refractivity contribution < 1.29 is 23.8 Å². The first kappa shape index (κ1) is 12.2. The fourth-order valence-electron chi connectivity index (χ4n) is 0.911. The average molecular weight is 251 g/mol. The van der Waals surface area contributed by atoms with Gasteiger partial charge < -0.3 is 0 Å². The lowest BCUT2D eigenvalue weighted by Gasteiger charge is -2.39.